The average molecular weight is 307 g/mol. The lowest BCUT2D eigenvalue weighted by atomic mass is 10.0. The number of phenols is 1. The second kappa shape index (κ2) is 5.43. The fraction of sp³-hybridized carbons (Fsp3) is 0.222. The zero-order valence-corrected chi connectivity index (χ0v) is 12.6. The molecule has 2 N–H and O–H groups in total. The van der Waals surface area contributed by atoms with E-state index in [0.29, 0.717) is 17.5 Å². The summed E-state index contributed by atoms with van der Waals surface area (Å²) in [6, 6.07) is 13.0. The highest BCUT2D eigenvalue weighted by molar-refractivity contribution is 6.03. The topological polar surface area (TPSA) is 69.2 Å². The Kier molecular flexibility index (Phi) is 3.26. The molecule has 0 aliphatic carbocycles. The molecule has 1 aliphatic heterocycles. The van der Waals surface area contributed by atoms with Crippen molar-refractivity contribution in [3.63, 3.8) is 0 Å². The zero-order valence-electron chi connectivity index (χ0n) is 12.6. The van der Waals surface area contributed by atoms with Crippen LogP contribution in [0.5, 0.6) is 5.75 Å². The predicted octanol–water partition coefficient (Wildman–Crippen LogP) is 3.25. The maximum absolute atomic E-state index is 12.9. The van der Waals surface area contributed by atoms with E-state index in [1.54, 1.807) is 12.3 Å². The number of benzene rings is 2. The number of carbonyl (C=O) groups excluding carboxylic acids is 1. The minimum atomic E-state index is -0.134. The van der Waals surface area contributed by atoms with Gasteiger partial charge in [-0.15, -0.1) is 0 Å². The van der Waals surface area contributed by atoms with Crippen LogP contribution < -0.4 is 0 Å². The van der Waals surface area contributed by atoms with Crippen LogP contribution in [0.3, 0.4) is 0 Å². The zero-order chi connectivity index (χ0) is 15.8. The molecule has 1 aliphatic rings. The van der Waals surface area contributed by atoms with Crippen molar-refractivity contribution in [2.45, 2.75) is 18.9 Å². The number of phenolic OH excluding ortho intramolecular Hbond substituents is 1. The summed E-state index contributed by atoms with van der Waals surface area (Å²) in [6.45, 7) is 0.689. The first-order chi connectivity index (χ1) is 11.3. The summed E-state index contributed by atoms with van der Waals surface area (Å²) >= 11 is 0. The lowest BCUT2D eigenvalue weighted by Crippen LogP contribution is -2.30. The van der Waals surface area contributed by atoms with E-state index < -0.39 is 0 Å². The molecule has 5 heteroatoms. The SMILES string of the molecule is O=C(c1ccc2ccccc2c1O)N1CCCC1c1ccn[nH]1. The lowest BCUT2D eigenvalue weighted by Gasteiger charge is -2.24. The van der Waals surface area contributed by atoms with Crippen molar-refractivity contribution in [2.75, 3.05) is 6.54 Å². The van der Waals surface area contributed by atoms with Gasteiger partial charge in [-0.05, 0) is 30.4 Å². The summed E-state index contributed by atoms with van der Waals surface area (Å²) < 4.78 is 0. The monoisotopic (exact) mass is 307 g/mol. The Labute approximate surface area is 133 Å². The van der Waals surface area contributed by atoms with Crippen LogP contribution in [0.1, 0.15) is 34.9 Å². The Bertz CT molecular complexity index is 858. The third-order valence-corrected chi connectivity index (χ3v) is 4.53. The summed E-state index contributed by atoms with van der Waals surface area (Å²) in [5.41, 5.74) is 1.30. The van der Waals surface area contributed by atoms with E-state index >= 15 is 0 Å². The number of nitrogens with one attached hydrogen (secondary N) is 1. The van der Waals surface area contributed by atoms with Crippen LogP contribution in [0.25, 0.3) is 10.8 Å². The Morgan fingerprint density at radius 3 is 2.91 bits per heavy atom. The van der Waals surface area contributed by atoms with E-state index in [1.165, 1.54) is 0 Å². The standard InChI is InChI=1S/C18H17N3O2/c22-17-13-5-2-1-4-12(13)7-8-14(17)18(23)21-11-3-6-16(21)15-9-10-19-20-15/h1-2,4-5,7-10,16,22H,3,6,11H2,(H,19,20). The van der Waals surface area contributed by atoms with Crippen LogP contribution in [0.15, 0.2) is 48.7 Å². The van der Waals surface area contributed by atoms with Gasteiger partial charge in [0.15, 0.2) is 0 Å². The van der Waals surface area contributed by atoms with Crippen LogP contribution in [-0.2, 0) is 0 Å². The quantitative estimate of drug-likeness (QED) is 0.763. The number of aromatic nitrogens is 2. The third kappa shape index (κ3) is 2.25. The van der Waals surface area contributed by atoms with Crippen molar-refractivity contribution >= 4 is 16.7 Å². The predicted molar refractivity (Wildman–Crippen MR) is 87.2 cm³/mol. The van der Waals surface area contributed by atoms with Gasteiger partial charge in [0.05, 0.1) is 17.3 Å². The number of amides is 1. The van der Waals surface area contributed by atoms with Crippen molar-refractivity contribution in [3.05, 3.63) is 59.9 Å². The van der Waals surface area contributed by atoms with Gasteiger partial charge >= 0.3 is 0 Å². The normalized spacial score (nSPS) is 17.7. The van der Waals surface area contributed by atoms with E-state index in [-0.39, 0.29) is 17.7 Å². The van der Waals surface area contributed by atoms with Gasteiger partial charge in [0, 0.05) is 18.1 Å². The second-order valence-electron chi connectivity index (χ2n) is 5.85. The minimum absolute atomic E-state index is 0.00382. The van der Waals surface area contributed by atoms with E-state index in [4.69, 9.17) is 0 Å². The van der Waals surface area contributed by atoms with Crippen molar-refractivity contribution < 1.29 is 9.90 Å². The molecule has 2 aromatic carbocycles. The molecule has 0 bridgehead atoms. The molecule has 23 heavy (non-hydrogen) atoms. The van der Waals surface area contributed by atoms with Crippen molar-refractivity contribution in [1.82, 2.24) is 15.1 Å². The molecule has 5 nitrogen and oxygen atoms in total. The molecule has 1 aromatic heterocycles. The molecule has 0 radical (unpaired) electrons. The maximum atomic E-state index is 12.9. The van der Waals surface area contributed by atoms with Gasteiger partial charge in [0.1, 0.15) is 5.75 Å². The number of aromatic hydroxyl groups is 1. The number of aromatic amines is 1. The van der Waals surface area contributed by atoms with E-state index in [1.807, 2.05) is 41.3 Å². The average Bonchev–Trinajstić information content (AvgIpc) is 3.26. The molecule has 3 aromatic rings. The van der Waals surface area contributed by atoms with E-state index in [2.05, 4.69) is 10.2 Å². The van der Waals surface area contributed by atoms with Gasteiger partial charge in [-0.1, -0.05) is 30.3 Å². The molecule has 1 atom stereocenters. The van der Waals surface area contributed by atoms with Gasteiger partial charge in [0.25, 0.3) is 5.91 Å². The molecule has 0 spiro atoms. The molecule has 0 saturated carbocycles. The molecule has 1 saturated heterocycles. The Hall–Kier alpha value is -2.82. The van der Waals surface area contributed by atoms with Gasteiger partial charge in [-0.2, -0.15) is 5.10 Å². The number of fused-ring (bicyclic) bond motifs is 1. The Morgan fingerprint density at radius 2 is 2.09 bits per heavy atom. The van der Waals surface area contributed by atoms with Crippen molar-refractivity contribution in [2.24, 2.45) is 0 Å². The highest BCUT2D eigenvalue weighted by Crippen LogP contribution is 2.35. The summed E-state index contributed by atoms with van der Waals surface area (Å²) in [5.74, 6) is -0.0753. The fourth-order valence-electron chi connectivity index (χ4n) is 3.37. The van der Waals surface area contributed by atoms with Crippen molar-refractivity contribution in [3.8, 4) is 5.75 Å². The highest BCUT2D eigenvalue weighted by atomic mass is 16.3. The largest absolute Gasteiger partial charge is 0.506 e. The van der Waals surface area contributed by atoms with Crippen molar-refractivity contribution in [1.29, 1.82) is 0 Å². The minimum Gasteiger partial charge on any atom is -0.506 e. The summed E-state index contributed by atoms with van der Waals surface area (Å²) in [7, 11) is 0. The Morgan fingerprint density at radius 1 is 1.22 bits per heavy atom. The number of carbonyl (C=O) groups is 1. The Balaban J connectivity index is 1.73. The number of hydrogen-bond donors (Lipinski definition) is 2. The number of rotatable bonds is 2. The number of likely N-dealkylation sites (tertiary alicyclic amines) is 1. The maximum Gasteiger partial charge on any atom is 0.258 e. The fourth-order valence-corrected chi connectivity index (χ4v) is 3.37. The van der Waals surface area contributed by atoms with Gasteiger partial charge < -0.3 is 10.0 Å². The molecule has 1 fully saturated rings. The smallest absolute Gasteiger partial charge is 0.258 e. The summed E-state index contributed by atoms with van der Waals surface area (Å²) in [5, 5.41) is 19.1. The van der Waals surface area contributed by atoms with Gasteiger partial charge in [-0.25, -0.2) is 0 Å². The summed E-state index contributed by atoms with van der Waals surface area (Å²) in [4.78, 5) is 14.8. The molecule has 116 valence electrons. The molecular weight excluding hydrogens is 290 g/mol. The molecule has 4 rings (SSSR count). The molecular formula is C18H17N3O2. The van der Waals surface area contributed by atoms with Crippen LogP contribution in [0.2, 0.25) is 0 Å². The second-order valence-corrected chi connectivity index (χ2v) is 5.85. The third-order valence-electron chi connectivity index (χ3n) is 4.53. The molecule has 1 unspecified atom stereocenters. The number of nitrogens with zero attached hydrogens (tertiary/aromatic N) is 2. The first kappa shape index (κ1) is 13.8. The molecule has 2 heterocycles. The molecule has 1 amide bonds. The van der Waals surface area contributed by atoms with Gasteiger partial charge in [0.2, 0.25) is 0 Å². The van der Waals surface area contributed by atoms with Crippen LogP contribution in [0, 0.1) is 0 Å². The van der Waals surface area contributed by atoms with Gasteiger partial charge in [-0.3, -0.25) is 9.89 Å². The van der Waals surface area contributed by atoms with Crippen LogP contribution in [0.4, 0.5) is 0 Å². The van der Waals surface area contributed by atoms with Crippen LogP contribution in [-0.4, -0.2) is 32.7 Å². The first-order valence-electron chi connectivity index (χ1n) is 7.76. The highest BCUT2D eigenvalue weighted by Gasteiger charge is 2.32. The van der Waals surface area contributed by atoms with E-state index in [9.17, 15) is 9.90 Å². The van der Waals surface area contributed by atoms with Crippen LogP contribution >= 0.6 is 0 Å². The lowest BCUT2D eigenvalue weighted by molar-refractivity contribution is 0.0730. The van der Waals surface area contributed by atoms with E-state index in [0.717, 1.165) is 23.9 Å². The number of H-pyrrole nitrogens is 1. The summed E-state index contributed by atoms with van der Waals surface area (Å²) in [6.07, 6.45) is 3.55. The number of hydrogen-bond acceptors (Lipinski definition) is 3. The first-order valence-corrected chi connectivity index (χ1v) is 7.76.